The second-order valence-electron chi connectivity index (χ2n) is 8.59. The molecular weight excluding hydrogens is 479 g/mol. The molecule has 1 atom stereocenters. The molecular formula is C28H33N4NaO4. The van der Waals surface area contributed by atoms with Crippen LogP contribution in [-0.2, 0) is 14.4 Å². The summed E-state index contributed by atoms with van der Waals surface area (Å²) < 4.78 is 0. The van der Waals surface area contributed by atoms with Crippen LogP contribution in [0, 0.1) is 6.92 Å². The zero-order chi connectivity index (χ0) is 25.8. The van der Waals surface area contributed by atoms with E-state index >= 15 is 0 Å². The van der Waals surface area contributed by atoms with Gasteiger partial charge in [-0.05, 0) is 54.2 Å². The van der Waals surface area contributed by atoms with Crippen LogP contribution in [0.2, 0.25) is 0 Å². The number of aryl methyl sites for hydroxylation is 1. The Kier molecular flexibility index (Phi) is 12.8. The Morgan fingerprint density at radius 3 is 2.30 bits per heavy atom. The summed E-state index contributed by atoms with van der Waals surface area (Å²) in [6, 6.07) is 20.4. The Morgan fingerprint density at radius 2 is 1.62 bits per heavy atom. The number of amides is 2. The minimum absolute atomic E-state index is 0. The average molecular weight is 513 g/mol. The first-order valence-electron chi connectivity index (χ1n) is 12.0. The third-order valence-corrected chi connectivity index (χ3v) is 5.63. The fourth-order valence-corrected chi connectivity index (χ4v) is 3.74. The van der Waals surface area contributed by atoms with E-state index in [2.05, 4.69) is 20.9 Å². The van der Waals surface area contributed by atoms with Crippen molar-refractivity contribution in [3.8, 4) is 11.1 Å². The molecule has 1 aromatic heterocycles. The Morgan fingerprint density at radius 1 is 0.919 bits per heavy atom. The molecule has 0 saturated heterocycles. The van der Waals surface area contributed by atoms with E-state index < -0.39 is 17.9 Å². The van der Waals surface area contributed by atoms with E-state index in [4.69, 9.17) is 0 Å². The second-order valence-corrected chi connectivity index (χ2v) is 8.59. The van der Waals surface area contributed by atoms with E-state index in [9.17, 15) is 19.5 Å². The van der Waals surface area contributed by atoms with Crippen LogP contribution in [0.4, 0.5) is 5.82 Å². The fourth-order valence-electron chi connectivity index (χ4n) is 3.74. The van der Waals surface area contributed by atoms with Gasteiger partial charge < -0.3 is 21.1 Å². The number of carbonyl (C=O) groups is 3. The van der Waals surface area contributed by atoms with Crippen molar-refractivity contribution in [2.75, 3.05) is 18.4 Å². The molecule has 0 aliphatic heterocycles. The number of carboxylic acids is 1. The summed E-state index contributed by atoms with van der Waals surface area (Å²) in [4.78, 5) is 40.1. The summed E-state index contributed by atoms with van der Waals surface area (Å²) in [5.74, 6) is -0.873. The monoisotopic (exact) mass is 512 g/mol. The van der Waals surface area contributed by atoms with E-state index in [1.54, 1.807) is 6.20 Å². The molecule has 0 saturated carbocycles. The summed E-state index contributed by atoms with van der Waals surface area (Å²) in [5, 5.41) is 17.9. The minimum atomic E-state index is -1.02. The van der Waals surface area contributed by atoms with Gasteiger partial charge in [-0.1, -0.05) is 54.6 Å². The van der Waals surface area contributed by atoms with Crippen molar-refractivity contribution in [1.29, 1.82) is 0 Å². The van der Waals surface area contributed by atoms with E-state index in [1.807, 2.05) is 73.7 Å². The van der Waals surface area contributed by atoms with Crippen LogP contribution in [0.3, 0.4) is 0 Å². The number of hydrogen-bond donors (Lipinski definition) is 4. The quantitative estimate of drug-likeness (QED) is 0.206. The van der Waals surface area contributed by atoms with Gasteiger partial charge in [-0.25, -0.2) is 4.98 Å². The summed E-state index contributed by atoms with van der Waals surface area (Å²) in [5.41, 5.74) is 3.86. The zero-order valence-corrected chi connectivity index (χ0v) is 20.4. The van der Waals surface area contributed by atoms with Gasteiger partial charge >= 0.3 is 35.5 Å². The number of unbranched alkanes of at least 4 members (excludes halogenated alkanes) is 1. The van der Waals surface area contributed by atoms with Crippen molar-refractivity contribution >= 4 is 53.2 Å². The zero-order valence-electron chi connectivity index (χ0n) is 20.4. The van der Waals surface area contributed by atoms with Crippen LogP contribution in [0.1, 0.15) is 42.9 Å². The first kappa shape index (κ1) is 30.0. The van der Waals surface area contributed by atoms with Gasteiger partial charge in [0.1, 0.15) is 5.82 Å². The van der Waals surface area contributed by atoms with Crippen LogP contribution in [-0.4, -0.2) is 70.5 Å². The molecule has 0 spiro atoms. The summed E-state index contributed by atoms with van der Waals surface area (Å²) >= 11 is 0. The molecule has 2 amide bonds. The van der Waals surface area contributed by atoms with E-state index in [1.165, 1.54) is 0 Å². The van der Waals surface area contributed by atoms with Crippen LogP contribution >= 0.6 is 0 Å². The Bertz CT molecular complexity index is 1160. The topological polar surface area (TPSA) is 120 Å². The maximum atomic E-state index is 12.4. The maximum absolute atomic E-state index is 12.4. The van der Waals surface area contributed by atoms with Crippen molar-refractivity contribution in [1.82, 2.24) is 15.6 Å². The first-order chi connectivity index (χ1) is 17.4. The standard InChI is InChI=1S/C28H32N4O4.Na.H/c1-20-14-16-30-25(17-20)29-15-6-5-9-26(33)31-19-27(34)32-24(18-28(35)36)23-12-10-22(11-13-23)21-7-3-2-4-8-21;;/h2-4,7-8,10-14,16-17,24H,5-6,9,15,18-19H2,1H3,(H,29,30)(H,31,33)(H,32,34)(H,35,36);;. The van der Waals surface area contributed by atoms with E-state index in [0.29, 0.717) is 24.9 Å². The predicted octanol–water partition coefficient (Wildman–Crippen LogP) is 3.44. The van der Waals surface area contributed by atoms with Crippen LogP contribution in [0.25, 0.3) is 11.1 Å². The van der Waals surface area contributed by atoms with Gasteiger partial charge in [0.15, 0.2) is 0 Å². The molecule has 9 heteroatoms. The number of benzene rings is 2. The van der Waals surface area contributed by atoms with Crippen molar-refractivity contribution in [2.45, 2.75) is 38.6 Å². The number of rotatable bonds is 13. The van der Waals surface area contributed by atoms with Gasteiger partial charge in [0.25, 0.3) is 0 Å². The number of nitrogens with zero attached hydrogens (tertiary/aromatic N) is 1. The normalized spacial score (nSPS) is 11.1. The Labute approximate surface area is 239 Å². The van der Waals surface area contributed by atoms with Gasteiger partial charge in [-0.15, -0.1) is 0 Å². The molecule has 0 aliphatic carbocycles. The summed E-state index contributed by atoms with van der Waals surface area (Å²) in [6.45, 7) is 2.49. The van der Waals surface area contributed by atoms with E-state index in [0.717, 1.165) is 28.9 Å². The number of anilines is 1. The molecule has 190 valence electrons. The van der Waals surface area contributed by atoms with Gasteiger partial charge in [-0.3, -0.25) is 14.4 Å². The molecule has 3 aromatic rings. The first-order valence-corrected chi connectivity index (χ1v) is 12.0. The molecule has 1 unspecified atom stereocenters. The molecule has 8 nitrogen and oxygen atoms in total. The van der Waals surface area contributed by atoms with Gasteiger partial charge in [0, 0.05) is 19.2 Å². The Hall–Kier alpha value is -3.20. The third-order valence-electron chi connectivity index (χ3n) is 5.63. The van der Waals surface area contributed by atoms with Crippen LogP contribution in [0.15, 0.2) is 72.9 Å². The number of carboxylic acid groups (broad SMARTS) is 1. The molecule has 0 bridgehead atoms. The number of pyridine rings is 1. The van der Waals surface area contributed by atoms with Gasteiger partial charge in [0.05, 0.1) is 19.0 Å². The Balaban J connectivity index is 0.00000481. The van der Waals surface area contributed by atoms with Crippen molar-refractivity contribution in [2.24, 2.45) is 0 Å². The molecule has 3 rings (SSSR count). The van der Waals surface area contributed by atoms with Crippen LogP contribution in [0.5, 0.6) is 0 Å². The second kappa shape index (κ2) is 15.8. The third kappa shape index (κ3) is 10.8. The predicted molar refractivity (Wildman–Crippen MR) is 146 cm³/mol. The molecule has 4 N–H and O–H groups in total. The molecule has 0 aliphatic rings. The number of aromatic nitrogens is 1. The summed E-state index contributed by atoms with van der Waals surface area (Å²) in [7, 11) is 0. The average Bonchev–Trinajstić information content (AvgIpc) is 2.87. The van der Waals surface area contributed by atoms with Gasteiger partial charge in [-0.2, -0.15) is 0 Å². The van der Waals surface area contributed by atoms with Gasteiger partial charge in [0.2, 0.25) is 11.8 Å². The number of hydrogen-bond acceptors (Lipinski definition) is 5. The van der Waals surface area contributed by atoms with Crippen molar-refractivity contribution in [3.63, 3.8) is 0 Å². The molecule has 2 aromatic carbocycles. The number of nitrogens with one attached hydrogen (secondary N) is 3. The van der Waals surface area contributed by atoms with Crippen molar-refractivity contribution in [3.05, 3.63) is 84.1 Å². The number of carbonyl (C=O) groups excluding carboxylic acids is 2. The summed E-state index contributed by atoms with van der Waals surface area (Å²) in [6.07, 6.45) is 3.25. The SMILES string of the molecule is Cc1ccnc(NCCCCC(=O)NCC(=O)NC(CC(=O)O)c2ccc(-c3ccccc3)cc2)c1.[NaH]. The number of aliphatic carboxylic acids is 1. The van der Waals surface area contributed by atoms with E-state index in [-0.39, 0.29) is 48.4 Å². The molecule has 0 radical (unpaired) electrons. The molecule has 1 heterocycles. The van der Waals surface area contributed by atoms with Crippen LogP contribution < -0.4 is 16.0 Å². The molecule has 0 fully saturated rings. The molecule has 37 heavy (non-hydrogen) atoms. The fraction of sp³-hybridized carbons (Fsp3) is 0.286. The van der Waals surface area contributed by atoms with Crippen molar-refractivity contribution < 1.29 is 19.5 Å².